The third kappa shape index (κ3) is 2.90. The summed E-state index contributed by atoms with van der Waals surface area (Å²) in [7, 11) is 0. The molecule has 3 heteroatoms. The Morgan fingerprint density at radius 2 is 1.45 bits per heavy atom. The average molecular weight is 459 g/mol. The van der Waals surface area contributed by atoms with Crippen molar-refractivity contribution in [2.45, 2.75) is 125 Å². The summed E-state index contributed by atoms with van der Waals surface area (Å²) >= 11 is 0. The molecule has 5 aliphatic rings. The van der Waals surface area contributed by atoms with Crippen LogP contribution in [0.25, 0.3) is 0 Å². The molecule has 0 amide bonds. The number of carbonyl (C=O) groups excluding carboxylic acids is 1. The first-order valence-corrected chi connectivity index (χ1v) is 14.0. The normalized spacial score (nSPS) is 55.9. The third-order valence-electron chi connectivity index (χ3n) is 13.2. The van der Waals surface area contributed by atoms with Gasteiger partial charge in [-0.1, -0.05) is 48.0 Å². The minimum absolute atomic E-state index is 0.0394. The van der Waals surface area contributed by atoms with Gasteiger partial charge in [-0.15, -0.1) is 0 Å². The molecule has 5 aliphatic carbocycles. The van der Waals surface area contributed by atoms with Crippen molar-refractivity contribution in [2.24, 2.45) is 56.7 Å². The first kappa shape index (κ1) is 24.3. The molecule has 0 bridgehead atoms. The Morgan fingerprint density at radius 1 is 0.848 bits per heavy atom. The van der Waals surface area contributed by atoms with Crippen LogP contribution in [0, 0.1) is 56.7 Å². The van der Waals surface area contributed by atoms with Crippen molar-refractivity contribution >= 4 is 5.78 Å². The van der Waals surface area contributed by atoms with Crippen molar-refractivity contribution in [1.82, 2.24) is 0 Å². The van der Waals surface area contributed by atoms with Gasteiger partial charge in [0, 0.05) is 12.3 Å². The number of carbonyl (C=O) groups is 1. The van der Waals surface area contributed by atoms with Gasteiger partial charge in [-0.05, 0) is 110 Å². The van der Waals surface area contributed by atoms with E-state index in [1.807, 2.05) is 13.8 Å². The van der Waals surface area contributed by atoms with Crippen LogP contribution in [0.4, 0.5) is 0 Å². The van der Waals surface area contributed by atoms with Crippen molar-refractivity contribution in [3.63, 3.8) is 0 Å². The molecule has 0 radical (unpaired) electrons. The molecule has 5 fully saturated rings. The number of hydrogen-bond donors (Lipinski definition) is 2. The van der Waals surface area contributed by atoms with E-state index < -0.39 is 11.7 Å². The molecule has 0 heterocycles. The summed E-state index contributed by atoms with van der Waals surface area (Å²) in [5.74, 6) is 2.06. The lowest BCUT2D eigenvalue weighted by Crippen LogP contribution is -2.69. The SMILES string of the molecule is CC(C)(O)[C@H]1CC[C@@]2(C)[C@H]1[C@@H](O)C[C@]1(C)[C@@H]2CC[C@H]2[C@@]3(C)CCCC(C)(C)[C@H]3C(=O)C[C@]21C. The summed E-state index contributed by atoms with van der Waals surface area (Å²) in [6.45, 7) is 18.4. The third-order valence-corrected chi connectivity index (χ3v) is 13.2. The van der Waals surface area contributed by atoms with Crippen molar-refractivity contribution in [1.29, 1.82) is 0 Å². The highest BCUT2D eigenvalue weighted by atomic mass is 16.3. The Bertz CT molecular complexity index is 840. The minimum Gasteiger partial charge on any atom is -0.393 e. The minimum atomic E-state index is -0.757. The molecular formula is C30H50O3. The van der Waals surface area contributed by atoms with Gasteiger partial charge >= 0.3 is 0 Å². The summed E-state index contributed by atoms with van der Waals surface area (Å²) in [5.41, 5.74) is -0.648. The fourth-order valence-electron chi connectivity index (χ4n) is 12.1. The first-order chi connectivity index (χ1) is 15.0. The van der Waals surface area contributed by atoms with Crippen LogP contribution in [0.15, 0.2) is 0 Å². The molecule has 5 saturated carbocycles. The van der Waals surface area contributed by atoms with Crippen molar-refractivity contribution in [3.8, 4) is 0 Å². The number of fused-ring (bicyclic) bond motifs is 7. The van der Waals surface area contributed by atoms with Crippen LogP contribution < -0.4 is 0 Å². The molecule has 5 rings (SSSR count). The van der Waals surface area contributed by atoms with Gasteiger partial charge in [0.2, 0.25) is 0 Å². The smallest absolute Gasteiger partial charge is 0.137 e. The predicted octanol–water partition coefficient (Wildman–Crippen LogP) is 6.40. The second-order valence-corrected chi connectivity index (χ2v) is 15.5. The van der Waals surface area contributed by atoms with Crippen molar-refractivity contribution in [2.75, 3.05) is 0 Å². The molecule has 10 atom stereocenters. The number of Topliss-reactive ketones (excluding diaryl/α,β-unsaturated/α-hetero) is 1. The number of aliphatic hydroxyl groups is 2. The zero-order chi connectivity index (χ0) is 24.4. The highest BCUT2D eigenvalue weighted by Crippen LogP contribution is 2.77. The van der Waals surface area contributed by atoms with Crippen molar-refractivity contribution in [3.05, 3.63) is 0 Å². The van der Waals surface area contributed by atoms with Gasteiger partial charge in [0.1, 0.15) is 5.78 Å². The monoisotopic (exact) mass is 458 g/mol. The Morgan fingerprint density at radius 3 is 2.06 bits per heavy atom. The second-order valence-electron chi connectivity index (χ2n) is 15.5. The number of ketones is 1. The van der Waals surface area contributed by atoms with Gasteiger partial charge in [0.25, 0.3) is 0 Å². The van der Waals surface area contributed by atoms with Crippen LogP contribution >= 0.6 is 0 Å². The van der Waals surface area contributed by atoms with Gasteiger partial charge in [-0.25, -0.2) is 0 Å². The molecule has 33 heavy (non-hydrogen) atoms. The maximum absolute atomic E-state index is 14.0. The van der Waals surface area contributed by atoms with E-state index in [0.29, 0.717) is 24.0 Å². The van der Waals surface area contributed by atoms with Gasteiger partial charge in [0.15, 0.2) is 0 Å². The number of rotatable bonds is 1. The van der Waals surface area contributed by atoms with E-state index in [-0.39, 0.29) is 44.8 Å². The maximum Gasteiger partial charge on any atom is 0.137 e. The summed E-state index contributed by atoms with van der Waals surface area (Å²) in [5, 5.41) is 22.7. The molecule has 0 aromatic carbocycles. The molecule has 3 nitrogen and oxygen atoms in total. The lowest BCUT2D eigenvalue weighted by Gasteiger charge is -2.73. The van der Waals surface area contributed by atoms with E-state index in [1.165, 1.54) is 32.1 Å². The van der Waals surface area contributed by atoms with E-state index in [2.05, 4.69) is 41.5 Å². The average Bonchev–Trinajstić information content (AvgIpc) is 3.00. The molecule has 0 aromatic rings. The van der Waals surface area contributed by atoms with Crippen LogP contribution in [-0.2, 0) is 4.79 Å². The molecule has 0 aromatic heterocycles. The molecule has 0 unspecified atom stereocenters. The molecule has 0 spiro atoms. The van der Waals surface area contributed by atoms with Crippen LogP contribution in [0.5, 0.6) is 0 Å². The zero-order valence-corrected chi connectivity index (χ0v) is 22.6. The second kappa shape index (κ2) is 6.87. The van der Waals surface area contributed by atoms with Gasteiger partial charge < -0.3 is 10.2 Å². The summed E-state index contributed by atoms with van der Waals surface area (Å²) in [6.07, 6.45) is 9.18. The van der Waals surface area contributed by atoms with Gasteiger partial charge in [-0.2, -0.15) is 0 Å². The fraction of sp³-hybridized carbons (Fsp3) is 0.967. The van der Waals surface area contributed by atoms with Crippen molar-refractivity contribution < 1.29 is 15.0 Å². The lowest BCUT2D eigenvalue weighted by molar-refractivity contribution is -0.253. The van der Waals surface area contributed by atoms with E-state index >= 15 is 0 Å². The van der Waals surface area contributed by atoms with Crippen LogP contribution in [0.1, 0.15) is 113 Å². The van der Waals surface area contributed by atoms with Crippen LogP contribution in [-0.4, -0.2) is 27.7 Å². The van der Waals surface area contributed by atoms with E-state index in [1.54, 1.807) is 0 Å². The van der Waals surface area contributed by atoms with E-state index in [0.717, 1.165) is 19.3 Å². The summed E-state index contributed by atoms with van der Waals surface area (Å²) in [6, 6.07) is 0. The van der Waals surface area contributed by atoms with E-state index in [9.17, 15) is 15.0 Å². The van der Waals surface area contributed by atoms with Crippen LogP contribution in [0.2, 0.25) is 0 Å². The molecule has 0 saturated heterocycles. The molecular weight excluding hydrogens is 408 g/mol. The maximum atomic E-state index is 14.0. The summed E-state index contributed by atoms with van der Waals surface area (Å²) in [4.78, 5) is 14.0. The molecule has 0 aliphatic heterocycles. The fourth-order valence-corrected chi connectivity index (χ4v) is 12.1. The van der Waals surface area contributed by atoms with Crippen LogP contribution in [0.3, 0.4) is 0 Å². The quantitative estimate of drug-likeness (QED) is 0.478. The first-order valence-electron chi connectivity index (χ1n) is 14.0. The molecule has 2 N–H and O–H groups in total. The number of aliphatic hydroxyl groups excluding tert-OH is 1. The lowest BCUT2D eigenvalue weighted by atomic mass is 9.31. The number of hydrogen-bond acceptors (Lipinski definition) is 3. The summed E-state index contributed by atoms with van der Waals surface area (Å²) < 4.78 is 0. The Labute approximate surface area is 202 Å². The van der Waals surface area contributed by atoms with Gasteiger partial charge in [0.05, 0.1) is 11.7 Å². The topological polar surface area (TPSA) is 57.5 Å². The Kier molecular flexibility index (Phi) is 5.06. The molecule has 188 valence electrons. The highest BCUT2D eigenvalue weighted by molar-refractivity contribution is 5.85. The highest BCUT2D eigenvalue weighted by Gasteiger charge is 2.73. The Balaban J connectivity index is 1.58. The zero-order valence-electron chi connectivity index (χ0n) is 22.6. The Hall–Kier alpha value is -0.410. The standard InChI is InChI=1S/C30H50O3/c1-25(2)13-9-14-28(6)22-11-10-21-27(5)15-12-18(26(3,4)33)23(27)19(31)16-29(21,7)30(22,8)17-20(32)24(25)28/h18-19,21-24,31,33H,9-17H2,1-8H3/t18-,19-,21+,22-,23+,24+,27+,28+,29+,30+/m0/s1. The van der Waals surface area contributed by atoms with Gasteiger partial charge in [-0.3, -0.25) is 4.79 Å². The largest absolute Gasteiger partial charge is 0.393 e. The predicted molar refractivity (Wildman–Crippen MR) is 133 cm³/mol. The van der Waals surface area contributed by atoms with E-state index in [4.69, 9.17) is 0 Å².